The maximum absolute atomic E-state index is 14.9. The normalized spacial score (nSPS) is 24.2. The van der Waals surface area contributed by atoms with Crippen molar-refractivity contribution in [2.24, 2.45) is 11.3 Å². The summed E-state index contributed by atoms with van der Waals surface area (Å²) in [4.78, 5) is 41.3. The number of sulfonamides is 1. The van der Waals surface area contributed by atoms with E-state index in [2.05, 4.69) is 66.0 Å². The Morgan fingerprint density at radius 1 is 1.00 bits per heavy atom. The number of H-pyrrole nitrogens is 1. The molecule has 10 rings (SSSR count). The predicted octanol–water partition coefficient (Wildman–Crippen LogP) is 8.96. The Bertz CT molecular complexity index is 2880. The van der Waals surface area contributed by atoms with Crippen LogP contribution >= 0.6 is 0 Å². The fourth-order valence-electron chi connectivity index (χ4n) is 11.4. The van der Waals surface area contributed by atoms with Crippen LogP contribution in [0.5, 0.6) is 17.4 Å². The molecule has 2 saturated heterocycles. The van der Waals surface area contributed by atoms with Gasteiger partial charge in [0.25, 0.3) is 21.8 Å². The number of ether oxygens (including phenoxy) is 2. The number of hydrogen-bond donors (Lipinski definition) is 4. The Kier molecular flexibility index (Phi) is 12.3. The molecule has 5 aromatic rings. The van der Waals surface area contributed by atoms with Gasteiger partial charge in [-0.3, -0.25) is 19.8 Å². The first-order valence-electron chi connectivity index (χ1n) is 24.4. The van der Waals surface area contributed by atoms with Gasteiger partial charge in [-0.25, -0.2) is 22.5 Å². The molecule has 5 heterocycles. The van der Waals surface area contributed by atoms with Gasteiger partial charge in [0.1, 0.15) is 22.1 Å². The number of benzene rings is 2. The first kappa shape index (κ1) is 46.9. The number of rotatable bonds is 15. The smallest absolute Gasteiger partial charge is 0.312 e. The van der Waals surface area contributed by atoms with E-state index >= 15 is 0 Å². The second-order valence-electron chi connectivity index (χ2n) is 20.7. The summed E-state index contributed by atoms with van der Waals surface area (Å²) < 4.78 is 56.8. The van der Waals surface area contributed by atoms with Crippen LogP contribution < -0.4 is 24.4 Å². The number of likely N-dealkylation sites (tertiary alicyclic amines) is 1. The van der Waals surface area contributed by atoms with E-state index in [1.54, 1.807) is 37.1 Å². The zero-order valence-electron chi connectivity index (χ0n) is 39.4. The summed E-state index contributed by atoms with van der Waals surface area (Å²) in [6, 6.07) is 16.9. The number of piperidine rings is 1. The van der Waals surface area contributed by atoms with E-state index < -0.39 is 42.9 Å². The molecule has 0 bridgehead atoms. The van der Waals surface area contributed by atoms with E-state index in [1.165, 1.54) is 44.2 Å². The minimum atomic E-state index is -4.72. The minimum absolute atomic E-state index is 0.00431. The third kappa shape index (κ3) is 9.46. The van der Waals surface area contributed by atoms with Gasteiger partial charge >= 0.3 is 5.69 Å². The number of carbonyl (C=O) groups is 1. The molecule has 3 aromatic heterocycles. The third-order valence-electron chi connectivity index (χ3n) is 15.8. The number of aliphatic hydroxyl groups is 1. The van der Waals surface area contributed by atoms with Gasteiger partial charge < -0.3 is 29.8 Å². The molecule has 2 aliphatic heterocycles. The van der Waals surface area contributed by atoms with E-state index in [9.17, 15) is 32.8 Å². The molecular formula is C51H61FN8O8S. The lowest BCUT2D eigenvalue weighted by atomic mass is 9.70. The lowest BCUT2D eigenvalue weighted by Crippen LogP contribution is -2.63. The number of anilines is 2. The highest BCUT2D eigenvalue weighted by Crippen LogP contribution is 2.54. The molecule has 0 radical (unpaired) electrons. The van der Waals surface area contributed by atoms with Crippen molar-refractivity contribution in [1.82, 2.24) is 24.6 Å². The van der Waals surface area contributed by atoms with Gasteiger partial charge in [-0.05, 0) is 124 Å². The summed E-state index contributed by atoms with van der Waals surface area (Å²) in [6.45, 7) is 10.1. The topological polar surface area (TPSA) is 205 Å². The average Bonchev–Trinajstić information content (AvgIpc) is 3.70. The Labute approximate surface area is 401 Å². The summed E-state index contributed by atoms with van der Waals surface area (Å²) in [5, 5.41) is 25.6. The predicted molar refractivity (Wildman–Crippen MR) is 259 cm³/mol. The number of nitrogens with zero attached hydrogens (tertiary/aromatic N) is 5. The molecular weight excluding hydrogens is 904 g/mol. The van der Waals surface area contributed by atoms with Gasteiger partial charge in [-0.15, -0.1) is 0 Å². The van der Waals surface area contributed by atoms with Crippen molar-refractivity contribution < 1.29 is 37.1 Å². The van der Waals surface area contributed by atoms with Gasteiger partial charge in [0.05, 0.1) is 34.3 Å². The van der Waals surface area contributed by atoms with E-state index in [1.807, 2.05) is 0 Å². The van der Waals surface area contributed by atoms with Crippen LogP contribution in [0.4, 0.5) is 21.6 Å². The van der Waals surface area contributed by atoms with E-state index in [4.69, 9.17) is 9.47 Å². The summed E-state index contributed by atoms with van der Waals surface area (Å²) in [6.07, 6.45) is 12.9. The van der Waals surface area contributed by atoms with Crippen molar-refractivity contribution >= 4 is 44.2 Å². The Balaban J connectivity index is 0.868. The van der Waals surface area contributed by atoms with Crippen molar-refractivity contribution in [2.45, 2.75) is 119 Å². The molecule has 69 heavy (non-hydrogen) atoms. The highest BCUT2D eigenvalue weighted by Gasteiger charge is 2.50. The summed E-state index contributed by atoms with van der Waals surface area (Å²) in [5.74, 6) is -1.05. The van der Waals surface area contributed by atoms with Crippen molar-refractivity contribution in [3.63, 3.8) is 0 Å². The van der Waals surface area contributed by atoms with Crippen molar-refractivity contribution in [1.29, 1.82) is 0 Å². The molecule has 4 N–H and O–H groups in total. The fraction of sp³-hybridized carbons (Fsp3) is 0.510. The van der Waals surface area contributed by atoms with Crippen LogP contribution in [0, 0.1) is 27.3 Å². The number of amides is 1. The highest BCUT2D eigenvalue weighted by atomic mass is 32.2. The maximum Gasteiger partial charge on any atom is 0.312 e. The molecule has 2 atom stereocenters. The minimum Gasteiger partial charge on any atom is -0.475 e. The Hall–Kier alpha value is -5.85. The molecule has 3 aliphatic carbocycles. The number of pyridine rings is 2. The standard InChI is InChI=1S/C51H61FN8O8S/c1-4-67-48-44(26-38-40(52)29-55-45(38)56-48)68-43-24-33(58-22-20-51(21-23-58)30-59(31-51)41-11-7-9-36(41)35-8-5-6-10-39(35)49(2)18-19-49)12-13-37(43)47(61)57-69(65,66)34-25-42(60(63)64)46(54-28-34)53-27-32-14-16-50(3,62)17-15-32/h5-6,8,10,12-13,24-26,28-29,32,36,41,62H,4,7,9,11,14-23,27,30-31H2,1-3H3,(H,53,54)(H,55,56)(H,57,61)/t32?,36-,41-,50?/m0/s1. The largest absolute Gasteiger partial charge is 0.475 e. The number of halogens is 1. The van der Waals surface area contributed by atoms with Gasteiger partial charge in [-0.2, -0.15) is 4.98 Å². The number of aromatic amines is 1. The molecule has 16 nitrogen and oxygen atoms in total. The van der Waals surface area contributed by atoms with Crippen LogP contribution in [-0.2, 0) is 15.4 Å². The Morgan fingerprint density at radius 3 is 2.48 bits per heavy atom. The number of hydrogen-bond acceptors (Lipinski definition) is 13. The molecule has 0 unspecified atom stereocenters. The number of nitro groups is 1. The SMILES string of the molecule is CCOc1nc2[nH]cc(F)c2cc1Oc1cc(N2CCC3(CC2)CN([C@H]2CCC[C@H]2c2ccccc2C2(C)CC2)C3)ccc1C(=O)NS(=O)(=O)c1cnc(NCC2CCC(C)(O)CC2)c([N+](=O)[O-])c1. The molecule has 366 valence electrons. The monoisotopic (exact) mass is 964 g/mol. The Morgan fingerprint density at radius 2 is 1.75 bits per heavy atom. The molecule has 18 heteroatoms. The molecule has 3 saturated carbocycles. The molecule has 1 spiro atoms. The van der Waals surface area contributed by atoms with Crippen LogP contribution in [-0.4, -0.2) is 95.2 Å². The molecule has 2 aromatic carbocycles. The van der Waals surface area contributed by atoms with Gasteiger partial charge in [0.15, 0.2) is 5.75 Å². The summed E-state index contributed by atoms with van der Waals surface area (Å²) >= 11 is 0. The number of aromatic nitrogens is 3. The zero-order valence-corrected chi connectivity index (χ0v) is 40.2. The molecule has 5 fully saturated rings. The maximum atomic E-state index is 14.9. The van der Waals surface area contributed by atoms with Crippen molar-refractivity contribution in [2.75, 3.05) is 49.5 Å². The molecule has 5 aliphatic rings. The van der Waals surface area contributed by atoms with Gasteiger partial charge in [0.2, 0.25) is 5.82 Å². The number of carbonyl (C=O) groups excluding carboxylic acids is 1. The summed E-state index contributed by atoms with van der Waals surface area (Å²) in [5.41, 5.74) is 3.12. The first-order chi connectivity index (χ1) is 33.0. The van der Waals surface area contributed by atoms with Crippen LogP contribution in [0.1, 0.15) is 119 Å². The fourth-order valence-corrected chi connectivity index (χ4v) is 12.3. The van der Waals surface area contributed by atoms with Crippen molar-refractivity contribution in [3.05, 3.63) is 99.6 Å². The van der Waals surface area contributed by atoms with Crippen LogP contribution in [0.2, 0.25) is 0 Å². The summed E-state index contributed by atoms with van der Waals surface area (Å²) in [7, 11) is -4.72. The quantitative estimate of drug-likeness (QED) is 0.0572. The lowest BCUT2D eigenvalue weighted by molar-refractivity contribution is -0.384. The highest BCUT2D eigenvalue weighted by molar-refractivity contribution is 7.90. The number of fused-ring (bicyclic) bond motifs is 1. The average molecular weight is 965 g/mol. The van der Waals surface area contributed by atoms with E-state index in [0.29, 0.717) is 49.6 Å². The van der Waals surface area contributed by atoms with Crippen LogP contribution in [0.15, 0.2) is 71.9 Å². The molecule has 1 amide bonds. The van der Waals surface area contributed by atoms with Gasteiger partial charge in [-0.1, -0.05) is 37.6 Å². The van der Waals surface area contributed by atoms with E-state index in [0.717, 1.165) is 63.2 Å². The van der Waals surface area contributed by atoms with Crippen molar-refractivity contribution in [3.8, 4) is 17.4 Å². The van der Waals surface area contributed by atoms with Gasteiger partial charge in [0, 0.05) is 68.8 Å². The third-order valence-corrected chi connectivity index (χ3v) is 17.1. The number of nitrogens with one attached hydrogen (secondary N) is 3. The van der Waals surface area contributed by atoms with E-state index in [-0.39, 0.29) is 57.7 Å². The van der Waals surface area contributed by atoms with Crippen LogP contribution in [0.25, 0.3) is 11.0 Å². The first-order valence-corrected chi connectivity index (χ1v) is 25.9. The lowest BCUT2D eigenvalue weighted by Gasteiger charge is -2.57. The van der Waals surface area contributed by atoms with Crippen LogP contribution in [0.3, 0.4) is 0 Å². The second kappa shape index (κ2) is 18.2. The second-order valence-corrected chi connectivity index (χ2v) is 22.4. The zero-order chi connectivity index (χ0) is 48.3.